The van der Waals surface area contributed by atoms with Crippen LogP contribution in [0.1, 0.15) is 5.01 Å². The lowest BCUT2D eigenvalue weighted by Gasteiger charge is -2.22. The topological polar surface area (TPSA) is 47.0 Å². The third-order valence-corrected chi connectivity index (χ3v) is 3.81. The van der Waals surface area contributed by atoms with Gasteiger partial charge in [-0.1, -0.05) is 0 Å². The van der Waals surface area contributed by atoms with Crippen LogP contribution in [0.4, 0.5) is 0 Å². The van der Waals surface area contributed by atoms with Gasteiger partial charge in [-0.15, -0.1) is 11.3 Å². The lowest BCUT2D eigenvalue weighted by atomic mass is 10.2. The Balaban J connectivity index is 1.69. The van der Waals surface area contributed by atoms with Gasteiger partial charge in [-0.3, -0.25) is 4.98 Å². The molecule has 1 aliphatic rings. The van der Waals surface area contributed by atoms with Gasteiger partial charge in [0, 0.05) is 42.8 Å². The largest absolute Gasteiger partial charge is 0.375 e. The Morgan fingerprint density at radius 2 is 2.28 bits per heavy atom. The van der Waals surface area contributed by atoms with Crippen LogP contribution in [-0.4, -0.2) is 35.8 Å². The van der Waals surface area contributed by atoms with Crippen molar-refractivity contribution in [3.63, 3.8) is 0 Å². The van der Waals surface area contributed by atoms with E-state index in [1.54, 1.807) is 23.7 Å². The highest BCUT2D eigenvalue weighted by Crippen LogP contribution is 2.22. The molecule has 1 N–H and O–H groups in total. The third kappa shape index (κ3) is 2.75. The first-order valence-corrected chi connectivity index (χ1v) is 6.97. The summed E-state index contributed by atoms with van der Waals surface area (Å²) in [6, 6.07) is 3.97. The average Bonchev–Trinajstić information content (AvgIpc) is 2.89. The van der Waals surface area contributed by atoms with Crippen molar-refractivity contribution in [3.05, 3.63) is 34.9 Å². The predicted octanol–water partition coefficient (Wildman–Crippen LogP) is 1.74. The molecule has 94 valence electrons. The Kier molecular flexibility index (Phi) is 3.64. The quantitative estimate of drug-likeness (QED) is 0.914. The molecule has 1 unspecified atom stereocenters. The fraction of sp³-hybridized carbons (Fsp3) is 0.385. The number of hydrogen-bond donors (Lipinski definition) is 1. The van der Waals surface area contributed by atoms with Gasteiger partial charge in [-0.25, -0.2) is 4.98 Å². The summed E-state index contributed by atoms with van der Waals surface area (Å²) in [5, 5.41) is 6.57. The van der Waals surface area contributed by atoms with E-state index in [0.717, 1.165) is 42.4 Å². The minimum Gasteiger partial charge on any atom is -0.375 e. The van der Waals surface area contributed by atoms with E-state index in [1.165, 1.54) is 0 Å². The summed E-state index contributed by atoms with van der Waals surface area (Å²) in [5.41, 5.74) is 2.15. The first-order valence-electron chi connectivity index (χ1n) is 6.09. The summed E-state index contributed by atoms with van der Waals surface area (Å²) in [4.78, 5) is 8.68. The van der Waals surface area contributed by atoms with Crippen molar-refractivity contribution in [2.75, 3.05) is 19.7 Å². The lowest BCUT2D eigenvalue weighted by molar-refractivity contribution is 0.0292. The fourth-order valence-electron chi connectivity index (χ4n) is 2.01. The number of morpholine rings is 1. The Morgan fingerprint density at radius 1 is 1.39 bits per heavy atom. The number of nitrogens with one attached hydrogen (secondary N) is 1. The first kappa shape index (κ1) is 11.8. The molecule has 0 radical (unpaired) electrons. The van der Waals surface area contributed by atoms with Gasteiger partial charge in [0.2, 0.25) is 0 Å². The second-order valence-corrected chi connectivity index (χ2v) is 5.21. The zero-order valence-electron chi connectivity index (χ0n) is 10.0. The van der Waals surface area contributed by atoms with Gasteiger partial charge in [0.1, 0.15) is 0 Å². The molecule has 1 saturated heterocycles. The maximum absolute atomic E-state index is 5.69. The molecule has 1 atom stereocenters. The van der Waals surface area contributed by atoms with Crippen LogP contribution in [0, 0.1) is 0 Å². The Morgan fingerprint density at radius 3 is 3.06 bits per heavy atom. The molecule has 3 rings (SSSR count). The molecule has 5 heteroatoms. The maximum Gasteiger partial charge on any atom is 0.0958 e. The van der Waals surface area contributed by atoms with E-state index < -0.39 is 0 Å². The monoisotopic (exact) mass is 261 g/mol. The number of pyridine rings is 1. The predicted molar refractivity (Wildman–Crippen MR) is 71.7 cm³/mol. The van der Waals surface area contributed by atoms with Crippen LogP contribution in [0.2, 0.25) is 0 Å². The second-order valence-electron chi connectivity index (χ2n) is 4.26. The van der Waals surface area contributed by atoms with Crippen molar-refractivity contribution in [1.82, 2.24) is 15.3 Å². The number of hydrogen-bond acceptors (Lipinski definition) is 5. The minimum atomic E-state index is 0.259. The molecule has 0 spiro atoms. The average molecular weight is 261 g/mol. The summed E-state index contributed by atoms with van der Waals surface area (Å²) in [7, 11) is 0. The van der Waals surface area contributed by atoms with Crippen LogP contribution in [0.25, 0.3) is 11.3 Å². The molecule has 2 aromatic heterocycles. The molecule has 18 heavy (non-hydrogen) atoms. The van der Waals surface area contributed by atoms with Crippen LogP contribution < -0.4 is 5.32 Å². The smallest absolute Gasteiger partial charge is 0.0958 e. The van der Waals surface area contributed by atoms with Gasteiger partial charge in [0.15, 0.2) is 0 Å². The molecule has 0 aromatic carbocycles. The Hall–Kier alpha value is -1.30. The molecule has 0 aliphatic carbocycles. The van der Waals surface area contributed by atoms with Crippen molar-refractivity contribution in [2.24, 2.45) is 0 Å². The van der Waals surface area contributed by atoms with E-state index in [0.29, 0.717) is 0 Å². The highest BCUT2D eigenvalue weighted by atomic mass is 32.1. The minimum absolute atomic E-state index is 0.259. The lowest BCUT2D eigenvalue weighted by Crippen LogP contribution is -2.39. The third-order valence-electron chi connectivity index (χ3n) is 2.93. The number of ether oxygens (including phenoxy) is 1. The number of nitrogens with zero attached hydrogens (tertiary/aromatic N) is 2. The van der Waals surface area contributed by atoms with Crippen LogP contribution >= 0.6 is 11.3 Å². The van der Waals surface area contributed by atoms with Crippen molar-refractivity contribution >= 4 is 11.3 Å². The van der Waals surface area contributed by atoms with Gasteiger partial charge >= 0.3 is 0 Å². The van der Waals surface area contributed by atoms with E-state index in [1.807, 2.05) is 12.1 Å². The number of rotatable bonds is 3. The molecule has 0 saturated carbocycles. The molecular formula is C13H15N3OS. The van der Waals surface area contributed by atoms with Gasteiger partial charge < -0.3 is 10.1 Å². The van der Waals surface area contributed by atoms with Crippen molar-refractivity contribution < 1.29 is 4.74 Å². The molecule has 1 aliphatic heterocycles. The molecule has 1 fully saturated rings. The van der Waals surface area contributed by atoms with Gasteiger partial charge in [-0.2, -0.15) is 0 Å². The van der Waals surface area contributed by atoms with Crippen LogP contribution in [0.5, 0.6) is 0 Å². The van der Waals surface area contributed by atoms with Crippen molar-refractivity contribution in [1.29, 1.82) is 0 Å². The molecule has 3 heterocycles. The van der Waals surface area contributed by atoms with E-state index in [9.17, 15) is 0 Å². The van der Waals surface area contributed by atoms with E-state index in [2.05, 4.69) is 20.7 Å². The zero-order chi connectivity index (χ0) is 12.2. The van der Waals surface area contributed by atoms with Crippen LogP contribution in [-0.2, 0) is 11.2 Å². The molecule has 0 bridgehead atoms. The van der Waals surface area contributed by atoms with Gasteiger partial charge in [-0.05, 0) is 12.1 Å². The van der Waals surface area contributed by atoms with Crippen LogP contribution in [0.3, 0.4) is 0 Å². The van der Waals surface area contributed by atoms with Gasteiger partial charge in [0.25, 0.3) is 0 Å². The van der Waals surface area contributed by atoms with E-state index in [4.69, 9.17) is 4.74 Å². The second kappa shape index (κ2) is 5.56. The number of aromatic nitrogens is 2. The molecule has 4 nitrogen and oxygen atoms in total. The number of thiazole rings is 1. The van der Waals surface area contributed by atoms with Crippen molar-refractivity contribution in [3.8, 4) is 11.3 Å². The Labute approximate surface area is 110 Å². The summed E-state index contributed by atoms with van der Waals surface area (Å²) < 4.78 is 5.69. The van der Waals surface area contributed by atoms with Crippen LogP contribution in [0.15, 0.2) is 29.9 Å². The van der Waals surface area contributed by atoms with Gasteiger partial charge in [0.05, 0.1) is 23.4 Å². The fourth-order valence-corrected chi connectivity index (χ4v) is 2.88. The highest BCUT2D eigenvalue weighted by Gasteiger charge is 2.16. The summed E-state index contributed by atoms with van der Waals surface area (Å²) in [6.07, 6.45) is 4.74. The summed E-state index contributed by atoms with van der Waals surface area (Å²) in [5.74, 6) is 0. The zero-order valence-corrected chi connectivity index (χ0v) is 10.8. The first-order chi connectivity index (χ1) is 8.92. The standard InChI is InChI=1S/C13H15N3OS/c1-3-14-4-2-10(1)12-9-18-13(16-12)7-11-8-15-5-6-17-11/h1-4,9,11,15H,5-8H2. The highest BCUT2D eigenvalue weighted by molar-refractivity contribution is 7.09. The summed E-state index contributed by atoms with van der Waals surface area (Å²) >= 11 is 1.70. The van der Waals surface area contributed by atoms with Crippen molar-refractivity contribution in [2.45, 2.75) is 12.5 Å². The summed E-state index contributed by atoms with van der Waals surface area (Å²) in [6.45, 7) is 2.67. The van der Waals surface area contributed by atoms with E-state index in [-0.39, 0.29) is 6.10 Å². The SMILES string of the molecule is c1cc(-c2csc(CC3CNCCO3)n2)ccn1. The Bertz CT molecular complexity index is 494. The molecular weight excluding hydrogens is 246 g/mol. The molecule has 0 amide bonds. The molecule has 2 aromatic rings. The van der Waals surface area contributed by atoms with E-state index >= 15 is 0 Å². The normalized spacial score (nSPS) is 19.9. The maximum atomic E-state index is 5.69.